The molecule has 1 aromatic carbocycles. The molecule has 0 spiro atoms. The van der Waals surface area contributed by atoms with Crippen LogP contribution in [0.3, 0.4) is 0 Å². The lowest BCUT2D eigenvalue weighted by Gasteiger charge is -2.21. The van der Waals surface area contributed by atoms with Gasteiger partial charge in [-0.3, -0.25) is 0 Å². The van der Waals surface area contributed by atoms with Gasteiger partial charge < -0.3 is 4.74 Å². The summed E-state index contributed by atoms with van der Waals surface area (Å²) in [5.41, 5.74) is 0. The normalized spacial score (nSPS) is 18.1. The maximum absolute atomic E-state index is 12.3. The molecule has 1 aliphatic heterocycles. The van der Waals surface area contributed by atoms with E-state index in [0.29, 0.717) is 13.2 Å². The van der Waals surface area contributed by atoms with Crippen LogP contribution < -0.4 is 0 Å². The second-order valence-corrected chi connectivity index (χ2v) is 9.13. The first kappa shape index (κ1) is 15.5. The number of rotatable bonds is 4. The minimum absolute atomic E-state index is 0.0329. The molecular formula is C13H18O5S2. The van der Waals surface area contributed by atoms with E-state index in [2.05, 4.69) is 0 Å². The molecule has 20 heavy (non-hydrogen) atoms. The summed E-state index contributed by atoms with van der Waals surface area (Å²) in [6, 6.07) is 5.56. The van der Waals surface area contributed by atoms with E-state index in [1.54, 1.807) is 0 Å². The highest BCUT2D eigenvalue weighted by Gasteiger charge is 2.24. The van der Waals surface area contributed by atoms with Crippen LogP contribution in [0.5, 0.6) is 0 Å². The van der Waals surface area contributed by atoms with Gasteiger partial charge in [-0.25, -0.2) is 16.8 Å². The molecule has 0 atom stereocenters. The van der Waals surface area contributed by atoms with Crippen molar-refractivity contribution in [1.29, 1.82) is 0 Å². The molecule has 0 bridgehead atoms. The number of hydrogen-bond acceptors (Lipinski definition) is 5. The van der Waals surface area contributed by atoms with Crippen molar-refractivity contribution >= 4 is 19.7 Å². The van der Waals surface area contributed by atoms with Crippen LogP contribution in [0.15, 0.2) is 34.1 Å². The van der Waals surface area contributed by atoms with Crippen molar-refractivity contribution in [2.75, 3.05) is 25.2 Å². The highest BCUT2D eigenvalue weighted by Crippen LogP contribution is 2.23. The standard InChI is InChI=1S/C13H18O5S2/c1-19(14,15)12-3-2-4-13(9-12)20(16,17)10-11-5-7-18-8-6-11/h2-4,9,11H,5-8,10H2,1H3. The number of benzene rings is 1. The zero-order valence-corrected chi connectivity index (χ0v) is 12.9. The molecule has 1 fully saturated rings. The van der Waals surface area contributed by atoms with Crippen LogP contribution in [0.2, 0.25) is 0 Å². The molecule has 1 heterocycles. The summed E-state index contributed by atoms with van der Waals surface area (Å²) >= 11 is 0. The molecule has 0 aliphatic carbocycles. The topological polar surface area (TPSA) is 77.5 Å². The smallest absolute Gasteiger partial charge is 0.178 e. The third-order valence-electron chi connectivity index (χ3n) is 3.39. The van der Waals surface area contributed by atoms with E-state index in [-0.39, 0.29) is 21.5 Å². The third-order valence-corrected chi connectivity index (χ3v) is 6.38. The van der Waals surface area contributed by atoms with Crippen LogP contribution in [-0.4, -0.2) is 42.1 Å². The first-order chi connectivity index (χ1) is 9.29. The maximum atomic E-state index is 12.3. The van der Waals surface area contributed by atoms with E-state index in [9.17, 15) is 16.8 Å². The Kier molecular flexibility index (Phi) is 4.51. The summed E-state index contributed by atoms with van der Waals surface area (Å²) in [5, 5.41) is 0. The summed E-state index contributed by atoms with van der Waals surface area (Å²) in [6.45, 7) is 1.17. The van der Waals surface area contributed by atoms with Gasteiger partial charge in [0.2, 0.25) is 0 Å². The molecule has 2 rings (SSSR count). The fraction of sp³-hybridized carbons (Fsp3) is 0.538. The predicted octanol–water partition coefficient (Wildman–Crippen LogP) is 1.29. The molecular weight excluding hydrogens is 300 g/mol. The van der Waals surface area contributed by atoms with Gasteiger partial charge in [-0.1, -0.05) is 6.07 Å². The quantitative estimate of drug-likeness (QED) is 0.836. The molecule has 0 aromatic heterocycles. The fourth-order valence-electron chi connectivity index (χ4n) is 2.22. The van der Waals surface area contributed by atoms with E-state index in [4.69, 9.17) is 4.74 Å². The lowest BCUT2D eigenvalue weighted by Crippen LogP contribution is -2.23. The zero-order chi connectivity index (χ0) is 14.8. The van der Waals surface area contributed by atoms with Gasteiger partial charge in [-0.15, -0.1) is 0 Å². The SMILES string of the molecule is CS(=O)(=O)c1cccc(S(=O)(=O)CC2CCOCC2)c1. The van der Waals surface area contributed by atoms with Crippen LogP contribution >= 0.6 is 0 Å². The molecule has 0 saturated carbocycles. The van der Waals surface area contributed by atoms with E-state index in [1.807, 2.05) is 0 Å². The predicted molar refractivity (Wildman–Crippen MR) is 75.1 cm³/mol. The summed E-state index contributed by atoms with van der Waals surface area (Å²) in [4.78, 5) is 0.109. The van der Waals surface area contributed by atoms with Gasteiger partial charge in [0, 0.05) is 19.5 Å². The Morgan fingerprint density at radius 2 is 1.70 bits per heavy atom. The first-order valence-corrected chi connectivity index (χ1v) is 9.94. The average Bonchev–Trinajstić information content (AvgIpc) is 2.38. The molecule has 0 radical (unpaired) electrons. The number of ether oxygens (including phenoxy) is 1. The molecule has 0 amide bonds. The van der Waals surface area contributed by atoms with Gasteiger partial charge >= 0.3 is 0 Å². The molecule has 1 saturated heterocycles. The van der Waals surface area contributed by atoms with Crippen molar-refractivity contribution in [1.82, 2.24) is 0 Å². The highest BCUT2D eigenvalue weighted by atomic mass is 32.2. The lowest BCUT2D eigenvalue weighted by molar-refractivity contribution is 0.0723. The molecule has 1 aliphatic rings. The van der Waals surface area contributed by atoms with Gasteiger partial charge in [0.1, 0.15) is 0 Å². The second kappa shape index (κ2) is 5.83. The first-order valence-electron chi connectivity index (χ1n) is 6.40. The van der Waals surface area contributed by atoms with Crippen LogP contribution in [0, 0.1) is 5.92 Å². The van der Waals surface area contributed by atoms with Crippen LogP contribution in [-0.2, 0) is 24.4 Å². The van der Waals surface area contributed by atoms with Crippen LogP contribution in [0.1, 0.15) is 12.8 Å². The van der Waals surface area contributed by atoms with Crippen molar-refractivity contribution < 1.29 is 21.6 Å². The van der Waals surface area contributed by atoms with Gasteiger partial charge in [-0.2, -0.15) is 0 Å². The number of sulfone groups is 2. The minimum Gasteiger partial charge on any atom is -0.381 e. The van der Waals surface area contributed by atoms with Crippen LogP contribution in [0.25, 0.3) is 0 Å². The summed E-state index contributed by atoms with van der Waals surface area (Å²) in [7, 11) is -6.87. The molecule has 0 unspecified atom stereocenters. The minimum atomic E-state index is -3.46. The highest BCUT2D eigenvalue weighted by molar-refractivity contribution is 7.92. The Balaban J connectivity index is 2.25. The second-order valence-electron chi connectivity index (χ2n) is 5.08. The Hall–Kier alpha value is -0.920. The average molecular weight is 318 g/mol. The molecule has 112 valence electrons. The van der Waals surface area contributed by atoms with E-state index < -0.39 is 19.7 Å². The van der Waals surface area contributed by atoms with Gasteiger partial charge in [-0.05, 0) is 37.0 Å². The van der Waals surface area contributed by atoms with Crippen molar-refractivity contribution in [3.05, 3.63) is 24.3 Å². The largest absolute Gasteiger partial charge is 0.381 e. The Labute approximate surface area is 119 Å². The Morgan fingerprint density at radius 1 is 1.10 bits per heavy atom. The van der Waals surface area contributed by atoms with Crippen LogP contribution in [0.4, 0.5) is 0 Å². The Morgan fingerprint density at radius 3 is 2.30 bits per heavy atom. The maximum Gasteiger partial charge on any atom is 0.178 e. The van der Waals surface area contributed by atoms with E-state index in [1.165, 1.54) is 24.3 Å². The van der Waals surface area contributed by atoms with Gasteiger partial charge in [0.05, 0.1) is 15.5 Å². The monoisotopic (exact) mass is 318 g/mol. The molecule has 0 N–H and O–H groups in total. The lowest BCUT2D eigenvalue weighted by atomic mass is 10.0. The zero-order valence-electron chi connectivity index (χ0n) is 11.3. The molecule has 7 heteroatoms. The summed E-state index contributed by atoms with van der Waals surface area (Å²) in [6.07, 6.45) is 2.52. The summed E-state index contributed by atoms with van der Waals surface area (Å²) in [5.74, 6) is 0.125. The van der Waals surface area contributed by atoms with Crippen molar-refractivity contribution in [3.63, 3.8) is 0 Å². The summed E-state index contributed by atoms with van der Waals surface area (Å²) < 4.78 is 52.9. The Bertz CT molecular complexity index is 670. The van der Waals surface area contributed by atoms with Crippen molar-refractivity contribution in [2.45, 2.75) is 22.6 Å². The number of hydrogen-bond donors (Lipinski definition) is 0. The van der Waals surface area contributed by atoms with Crippen molar-refractivity contribution in [2.24, 2.45) is 5.92 Å². The van der Waals surface area contributed by atoms with Gasteiger partial charge in [0.15, 0.2) is 19.7 Å². The third kappa shape index (κ3) is 3.80. The van der Waals surface area contributed by atoms with E-state index in [0.717, 1.165) is 19.1 Å². The molecule has 5 nitrogen and oxygen atoms in total. The fourth-order valence-corrected chi connectivity index (χ4v) is 4.70. The van der Waals surface area contributed by atoms with Crippen molar-refractivity contribution in [3.8, 4) is 0 Å². The van der Waals surface area contributed by atoms with E-state index >= 15 is 0 Å². The van der Waals surface area contributed by atoms with Gasteiger partial charge in [0.25, 0.3) is 0 Å². The molecule has 1 aromatic rings.